The molecule has 2 heterocycles. The van der Waals surface area contributed by atoms with Gasteiger partial charge < -0.3 is 10.2 Å². The third-order valence-electron chi connectivity index (χ3n) is 9.28. The van der Waals surface area contributed by atoms with Crippen LogP contribution in [0.5, 0.6) is 11.5 Å². The summed E-state index contributed by atoms with van der Waals surface area (Å²) in [6, 6.07) is 17.1. The minimum Gasteiger partial charge on any atom is -0.505 e. The van der Waals surface area contributed by atoms with E-state index < -0.39 is 9.84 Å². The van der Waals surface area contributed by atoms with E-state index in [1.807, 2.05) is 65.8 Å². The van der Waals surface area contributed by atoms with Gasteiger partial charge in [0.2, 0.25) is 9.84 Å². The molecule has 2 N–H and O–H groups in total. The Morgan fingerprint density at radius 1 is 0.471 bits per heavy atom. The van der Waals surface area contributed by atoms with E-state index >= 15 is 0 Å². The van der Waals surface area contributed by atoms with Gasteiger partial charge in [0.05, 0.1) is 9.79 Å². The highest BCUT2D eigenvalue weighted by Crippen LogP contribution is 2.41. The lowest BCUT2D eigenvalue weighted by atomic mass is 9.80. The van der Waals surface area contributed by atoms with Gasteiger partial charge in [-0.3, -0.25) is 0 Å². The summed E-state index contributed by atoms with van der Waals surface area (Å²) < 4.78 is 28.0. The van der Waals surface area contributed by atoms with Crippen molar-refractivity contribution in [2.24, 2.45) is 0 Å². The van der Waals surface area contributed by atoms with Gasteiger partial charge in [-0.2, -0.15) is 0 Å². The molecule has 0 unspecified atom stereocenters. The van der Waals surface area contributed by atoms with Crippen molar-refractivity contribution < 1.29 is 18.6 Å². The Bertz CT molecular complexity index is 2280. The van der Waals surface area contributed by atoms with Crippen molar-refractivity contribution in [3.63, 3.8) is 0 Å². The molecule has 0 aliphatic rings. The highest BCUT2D eigenvalue weighted by Gasteiger charge is 2.29. The summed E-state index contributed by atoms with van der Waals surface area (Å²) in [5.74, 6) is 0.163. The number of aromatic nitrogens is 6. The Morgan fingerprint density at radius 2 is 0.804 bits per heavy atom. The van der Waals surface area contributed by atoms with E-state index in [0.29, 0.717) is 33.4 Å². The molecule has 0 spiro atoms. The topological polar surface area (TPSA) is 136 Å². The summed E-state index contributed by atoms with van der Waals surface area (Å²) in [5.41, 5.74) is 5.05. The lowest BCUT2D eigenvalue weighted by Crippen LogP contribution is -2.18. The van der Waals surface area contributed by atoms with Crippen LogP contribution in [0, 0.1) is 0 Å². The monoisotopic (exact) mass is 708 g/mol. The molecule has 10 nitrogen and oxygen atoms in total. The zero-order valence-electron chi connectivity index (χ0n) is 31.6. The summed E-state index contributed by atoms with van der Waals surface area (Å²) in [7, 11) is -4.01. The van der Waals surface area contributed by atoms with Crippen molar-refractivity contribution in [3.8, 4) is 22.9 Å². The molecule has 0 bridgehead atoms. The first-order valence-corrected chi connectivity index (χ1v) is 18.6. The van der Waals surface area contributed by atoms with E-state index in [9.17, 15) is 18.6 Å². The van der Waals surface area contributed by atoms with Crippen LogP contribution in [0.15, 0.2) is 70.5 Å². The molecule has 51 heavy (non-hydrogen) atoms. The number of sulfone groups is 1. The predicted octanol–water partition coefficient (Wildman–Crippen LogP) is 8.59. The van der Waals surface area contributed by atoms with E-state index in [-0.39, 0.29) is 42.9 Å². The molecule has 0 saturated heterocycles. The molecular formula is C40H48N6O4S. The van der Waals surface area contributed by atoms with Gasteiger partial charge in [-0.05, 0) is 81.3 Å². The van der Waals surface area contributed by atoms with E-state index in [1.165, 1.54) is 33.9 Å². The van der Waals surface area contributed by atoms with Crippen LogP contribution >= 0.6 is 0 Å². The van der Waals surface area contributed by atoms with Crippen molar-refractivity contribution in [2.45, 2.75) is 115 Å². The number of aromatic hydroxyl groups is 2. The molecule has 4 aromatic carbocycles. The number of hydrogen-bond donors (Lipinski definition) is 2. The maximum absolute atomic E-state index is 14.0. The fourth-order valence-corrected chi connectivity index (χ4v) is 7.33. The van der Waals surface area contributed by atoms with Gasteiger partial charge in [0, 0.05) is 11.1 Å². The first-order valence-electron chi connectivity index (χ1n) is 17.1. The molecule has 11 heteroatoms. The molecule has 2 aromatic heterocycles. The Labute approximate surface area is 300 Å². The van der Waals surface area contributed by atoms with Gasteiger partial charge in [0.1, 0.15) is 44.9 Å². The normalized spacial score (nSPS) is 13.4. The zero-order valence-corrected chi connectivity index (χ0v) is 32.4. The smallest absolute Gasteiger partial charge is 0.206 e. The molecule has 6 aromatic rings. The van der Waals surface area contributed by atoms with Crippen LogP contribution in [-0.4, -0.2) is 48.6 Å². The first kappa shape index (κ1) is 36.0. The number of benzene rings is 4. The van der Waals surface area contributed by atoms with Crippen LogP contribution < -0.4 is 0 Å². The van der Waals surface area contributed by atoms with Crippen LogP contribution in [0.2, 0.25) is 0 Å². The highest BCUT2D eigenvalue weighted by atomic mass is 32.2. The summed E-state index contributed by atoms with van der Waals surface area (Å²) in [4.78, 5) is 2.84. The SMILES string of the molecule is CC(C)(C)c1cc(-n2nc3ccc(S(=O)(=O)c4ccc5nn(-c6cc(C(C)(C)C)cc(C(C)(C)C)c6O)nc5c4)cc3n2)c(O)c(C(C)(C)C)c1. The van der Waals surface area contributed by atoms with Crippen molar-refractivity contribution >= 4 is 31.9 Å². The lowest BCUT2D eigenvalue weighted by Gasteiger charge is -2.27. The standard InChI is InChI=1S/C40H48N6O4S/c1-37(2,3)23-17-27(39(7,8)9)35(47)33(19-23)45-41-29-15-13-25(21-31(29)43-45)51(49,50)26-14-16-30-32(22-26)44-46(42-30)34-20-24(38(4,5)6)18-28(36(34)48)40(10,11)12/h13-22,47-48H,1-12H3. The van der Waals surface area contributed by atoms with Crippen molar-refractivity contribution in [1.82, 2.24) is 30.0 Å². The number of phenolic OH excluding ortho intramolecular Hbond substituents is 2. The van der Waals surface area contributed by atoms with E-state index in [4.69, 9.17) is 0 Å². The highest BCUT2D eigenvalue weighted by molar-refractivity contribution is 7.91. The van der Waals surface area contributed by atoms with E-state index in [2.05, 4.69) is 61.9 Å². The molecule has 0 aliphatic carbocycles. The second-order valence-electron chi connectivity index (χ2n) is 17.6. The van der Waals surface area contributed by atoms with Crippen LogP contribution in [0.25, 0.3) is 33.4 Å². The molecule has 0 atom stereocenters. The van der Waals surface area contributed by atoms with Crippen molar-refractivity contribution in [1.29, 1.82) is 0 Å². The Balaban J connectivity index is 1.41. The third-order valence-corrected chi connectivity index (χ3v) is 11.0. The molecule has 0 saturated carbocycles. The first-order chi connectivity index (χ1) is 23.4. The van der Waals surface area contributed by atoms with Crippen LogP contribution in [0.1, 0.15) is 105 Å². The largest absolute Gasteiger partial charge is 0.505 e. The Hall–Kier alpha value is -4.77. The fraction of sp³-hybridized carbons (Fsp3) is 0.400. The maximum Gasteiger partial charge on any atom is 0.206 e. The van der Waals surface area contributed by atoms with Gasteiger partial charge in [-0.15, -0.1) is 30.0 Å². The third kappa shape index (κ3) is 6.59. The summed E-state index contributed by atoms with van der Waals surface area (Å²) in [5, 5.41) is 41.3. The van der Waals surface area contributed by atoms with Crippen molar-refractivity contribution in [2.75, 3.05) is 0 Å². The van der Waals surface area contributed by atoms with E-state index in [0.717, 1.165) is 22.3 Å². The summed E-state index contributed by atoms with van der Waals surface area (Å²) >= 11 is 0. The number of phenols is 2. The molecular weight excluding hydrogens is 661 g/mol. The van der Waals surface area contributed by atoms with Crippen LogP contribution in [0.3, 0.4) is 0 Å². The van der Waals surface area contributed by atoms with Crippen LogP contribution in [0.4, 0.5) is 0 Å². The zero-order chi connectivity index (χ0) is 37.6. The van der Waals surface area contributed by atoms with Gasteiger partial charge in [-0.25, -0.2) is 8.42 Å². The minimum absolute atomic E-state index is 0.0437. The average molecular weight is 709 g/mol. The van der Waals surface area contributed by atoms with Crippen molar-refractivity contribution in [3.05, 3.63) is 82.9 Å². The van der Waals surface area contributed by atoms with Gasteiger partial charge in [0.15, 0.2) is 0 Å². The predicted molar refractivity (Wildman–Crippen MR) is 201 cm³/mol. The average Bonchev–Trinajstić information content (AvgIpc) is 3.62. The molecule has 0 radical (unpaired) electrons. The van der Waals surface area contributed by atoms with Gasteiger partial charge >= 0.3 is 0 Å². The number of hydrogen-bond acceptors (Lipinski definition) is 8. The molecule has 0 amide bonds. The molecule has 268 valence electrons. The number of nitrogens with zero attached hydrogens (tertiary/aromatic N) is 6. The summed E-state index contributed by atoms with van der Waals surface area (Å²) in [6.45, 7) is 24.9. The summed E-state index contributed by atoms with van der Waals surface area (Å²) in [6.07, 6.45) is 0. The van der Waals surface area contributed by atoms with Gasteiger partial charge in [0.25, 0.3) is 0 Å². The number of fused-ring (bicyclic) bond motifs is 2. The number of rotatable bonds is 4. The Kier molecular flexibility index (Phi) is 8.22. The quantitative estimate of drug-likeness (QED) is 0.186. The Morgan fingerprint density at radius 3 is 1.12 bits per heavy atom. The second-order valence-corrected chi connectivity index (χ2v) is 19.5. The lowest BCUT2D eigenvalue weighted by molar-refractivity contribution is 0.437. The minimum atomic E-state index is -4.01. The molecule has 6 rings (SSSR count). The van der Waals surface area contributed by atoms with Crippen LogP contribution in [-0.2, 0) is 31.5 Å². The van der Waals surface area contributed by atoms with E-state index in [1.54, 1.807) is 12.1 Å². The molecule has 0 aliphatic heterocycles. The molecule has 0 fully saturated rings. The fourth-order valence-electron chi connectivity index (χ4n) is 6.03. The second kappa shape index (κ2) is 11.6. The van der Waals surface area contributed by atoms with Gasteiger partial charge in [-0.1, -0.05) is 95.2 Å². The maximum atomic E-state index is 14.0.